The Morgan fingerprint density at radius 3 is 2.83 bits per heavy atom. The number of nitrogens with zero attached hydrogens (tertiary/aromatic N) is 1. The molecule has 0 spiro atoms. The van der Waals surface area contributed by atoms with Crippen molar-refractivity contribution >= 4 is 5.78 Å². The largest absolute Gasteiger partial charge is 0.476 e. The number of fused-ring (bicyclic) bond motifs is 4. The van der Waals surface area contributed by atoms with Gasteiger partial charge in [-0.3, -0.25) is 14.9 Å². The summed E-state index contributed by atoms with van der Waals surface area (Å²) >= 11 is 0. The Labute approximate surface area is 133 Å². The highest BCUT2D eigenvalue weighted by Crippen LogP contribution is 2.53. The van der Waals surface area contributed by atoms with E-state index in [2.05, 4.69) is 13.8 Å². The van der Waals surface area contributed by atoms with Gasteiger partial charge in [0.05, 0.1) is 5.57 Å². The van der Waals surface area contributed by atoms with E-state index >= 15 is 0 Å². The lowest BCUT2D eigenvalue weighted by molar-refractivity contribution is -0.510. The molecule has 23 heavy (non-hydrogen) atoms. The topological polar surface area (TPSA) is 69.4 Å². The van der Waals surface area contributed by atoms with Gasteiger partial charge in [-0.1, -0.05) is 38.1 Å². The van der Waals surface area contributed by atoms with Crippen LogP contribution in [-0.2, 0) is 4.79 Å². The van der Waals surface area contributed by atoms with Gasteiger partial charge in [0.1, 0.15) is 11.7 Å². The smallest absolute Gasteiger partial charge is 0.245 e. The zero-order valence-electron chi connectivity index (χ0n) is 12.8. The Morgan fingerprint density at radius 2 is 2.13 bits per heavy atom. The fraction of sp³-hybridized carbons (Fsp3) is 0.278. The van der Waals surface area contributed by atoms with Gasteiger partial charge in [-0.2, -0.15) is 0 Å². The van der Waals surface area contributed by atoms with Crippen LogP contribution >= 0.6 is 0 Å². The van der Waals surface area contributed by atoms with Crippen molar-refractivity contribution in [3.05, 3.63) is 74.8 Å². The first kappa shape index (κ1) is 14.2. The van der Waals surface area contributed by atoms with Crippen LogP contribution in [0.4, 0.5) is 0 Å². The molecule has 2 radical (unpaired) electrons. The van der Waals surface area contributed by atoms with E-state index in [1.165, 1.54) is 0 Å². The number of ketones is 1. The van der Waals surface area contributed by atoms with Crippen LogP contribution in [0.5, 0.6) is 5.75 Å². The maximum Gasteiger partial charge on any atom is 0.245 e. The molecule has 0 fully saturated rings. The molecule has 0 saturated carbocycles. The minimum Gasteiger partial charge on any atom is -0.476 e. The average Bonchev–Trinajstić information content (AvgIpc) is 3.03. The van der Waals surface area contributed by atoms with Gasteiger partial charge in [0.25, 0.3) is 0 Å². The predicted molar refractivity (Wildman–Crippen MR) is 83.3 cm³/mol. The second-order valence-corrected chi connectivity index (χ2v) is 6.31. The fourth-order valence-electron chi connectivity index (χ4n) is 3.39. The standard InChI is InChI=1S/C18H15NO4/c1-9(2)10-6-7-11-14(8-10)23-18-12-4-3-5-13(19(21)22)15(12)17(20)16(11)18/h3-4,6-9,13H,5H2,1-2H3. The van der Waals surface area contributed by atoms with Gasteiger partial charge in [0.2, 0.25) is 6.04 Å². The van der Waals surface area contributed by atoms with Crippen molar-refractivity contribution in [2.45, 2.75) is 32.2 Å². The summed E-state index contributed by atoms with van der Waals surface area (Å²) in [4.78, 5) is 23.6. The quantitative estimate of drug-likeness (QED) is 0.621. The summed E-state index contributed by atoms with van der Waals surface area (Å²) in [6.07, 6.45) is 4.23. The van der Waals surface area contributed by atoms with Crippen LogP contribution in [0, 0.1) is 22.1 Å². The van der Waals surface area contributed by atoms with Gasteiger partial charge in [0.15, 0.2) is 11.9 Å². The summed E-state index contributed by atoms with van der Waals surface area (Å²) in [6, 6.07) is 4.83. The van der Waals surface area contributed by atoms with Crippen molar-refractivity contribution in [2.75, 3.05) is 0 Å². The maximum absolute atomic E-state index is 12.8. The van der Waals surface area contributed by atoms with E-state index in [1.54, 1.807) is 12.2 Å². The number of rotatable bonds is 2. The van der Waals surface area contributed by atoms with E-state index in [-0.39, 0.29) is 22.7 Å². The first-order valence-electron chi connectivity index (χ1n) is 7.64. The van der Waals surface area contributed by atoms with Crippen LogP contribution in [-0.4, -0.2) is 16.7 Å². The Hall–Kier alpha value is -2.43. The van der Waals surface area contributed by atoms with Crippen molar-refractivity contribution in [3.8, 4) is 5.75 Å². The third-order valence-corrected chi connectivity index (χ3v) is 4.62. The highest BCUT2D eigenvalue weighted by atomic mass is 16.6. The third-order valence-electron chi connectivity index (χ3n) is 4.62. The van der Waals surface area contributed by atoms with Gasteiger partial charge in [-0.05, 0) is 17.5 Å². The summed E-state index contributed by atoms with van der Waals surface area (Å²) < 4.78 is 5.92. The highest BCUT2D eigenvalue weighted by Gasteiger charge is 2.55. The summed E-state index contributed by atoms with van der Waals surface area (Å²) in [5, 5.41) is 11.3. The number of nitro groups is 1. The van der Waals surface area contributed by atoms with Crippen molar-refractivity contribution < 1.29 is 14.5 Å². The molecule has 1 heterocycles. The molecule has 0 bridgehead atoms. The average molecular weight is 309 g/mol. The van der Waals surface area contributed by atoms with Gasteiger partial charge in [-0.25, -0.2) is 0 Å². The van der Waals surface area contributed by atoms with Crippen LogP contribution in [0.25, 0.3) is 0 Å². The first-order chi connectivity index (χ1) is 11.0. The van der Waals surface area contributed by atoms with Crippen molar-refractivity contribution in [1.82, 2.24) is 0 Å². The molecule has 1 atom stereocenters. The van der Waals surface area contributed by atoms with Gasteiger partial charge in [-0.15, -0.1) is 0 Å². The third kappa shape index (κ3) is 1.89. The fourth-order valence-corrected chi connectivity index (χ4v) is 3.39. The van der Waals surface area contributed by atoms with E-state index in [1.807, 2.05) is 18.2 Å². The molecule has 1 aromatic rings. The monoisotopic (exact) mass is 309 g/mol. The summed E-state index contributed by atoms with van der Waals surface area (Å²) in [7, 11) is 0. The molecule has 2 aliphatic carbocycles. The molecule has 1 unspecified atom stereocenters. The second-order valence-electron chi connectivity index (χ2n) is 6.31. The number of benzene rings is 1. The minimum absolute atomic E-state index is 0.247. The minimum atomic E-state index is -0.977. The van der Waals surface area contributed by atoms with Gasteiger partial charge >= 0.3 is 0 Å². The SMILES string of the molecule is CC(C)c1ccc2c(c1)O[C]1[C]2C(=O)C2=C1C=CCC2[N+](=O)[O-]. The highest BCUT2D eigenvalue weighted by molar-refractivity contribution is 6.18. The Kier molecular flexibility index (Phi) is 2.95. The van der Waals surface area contributed by atoms with Crippen LogP contribution in [0.3, 0.4) is 0 Å². The summed E-state index contributed by atoms with van der Waals surface area (Å²) in [6.45, 7) is 4.18. The van der Waals surface area contributed by atoms with E-state index < -0.39 is 6.04 Å². The van der Waals surface area contributed by atoms with Crippen LogP contribution in [0.2, 0.25) is 0 Å². The second kappa shape index (κ2) is 4.78. The maximum atomic E-state index is 12.8. The molecule has 1 aliphatic heterocycles. The summed E-state index contributed by atoms with van der Waals surface area (Å²) in [5.41, 5.74) is 2.70. The van der Waals surface area contributed by atoms with Gasteiger partial charge < -0.3 is 4.74 Å². The molecular weight excluding hydrogens is 294 g/mol. The Bertz CT molecular complexity index is 790. The van der Waals surface area contributed by atoms with Crippen molar-refractivity contribution in [3.63, 3.8) is 0 Å². The molecule has 3 aliphatic rings. The van der Waals surface area contributed by atoms with Crippen LogP contribution in [0.1, 0.15) is 37.3 Å². The zero-order chi connectivity index (χ0) is 16.3. The molecule has 0 saturated heterocycles. The van der Waals surface area contributed by atoms with E-state index in [0.717, 1.165) is 11.1 Å². The molecule has 5 nitrogen and oxygen atoms in total. The number of carbonyl (C=O) groups is 1. The Morgan fingerprint density at radius 1 is 1.35 bits per heavy atom. The molecule has 1 aromatic carbocycles. The van der Waals surface area contributed by atoms with E-state index in [4.69, 9.17) is 4.74 Å². The number of hydrogen-bond acceptors (Lipinski definition) is 4. The summed E-state index contributed by atoms with van der Waals surface area (Å²) in [5.74, 6) is 1.23. The van der Waals surface area contributed by atoms with E-state index in [9.17, 15) is 14.9 Å². The Balaban J connectivity index is 1.77. The number of carbonyl (C=O) groups excluding carboxylic acids is 1. The first-order valence-corrected chi connectivity index (χ1v) is 7.64. The van der Waals surface area contributed by atoms with Gasteiger partial charge in [0, 0.05) is 22.5 Å². The molecule has 116 valence electrons. The van der Waals surface area contributed by atoms with Crippen molar-refractivity contribution in [1.29, 1.82) is 0 Å². The lowest BCUT2D eigenvalue weighted by atomic mass is 9.90. The van der Waals surface area contributed by atoms with Crippen LogP contribution < -0.4 is 4.74 Å². The molecule has 5 heteroatoms. The number of Topliss-reactive ketones (excluding diaryl/α,β-unsaturated/α-hetero) is 1. The van der Waals surface area contributed by atoms with Crippen LogP contribution in [0.15, 0.2) is 41.5 Å². The molecule has 4 rings (SSSR count). The van der Waals surface area contributed by atoms with E-state index in [0.29, 0.717) is 29.3 Å². The number of hydrogen-bond donors (Lipinski definition) is 0. The molecular formula is C18H15NO4. The lowest BCUT2D eigenvalue weighted by Crippen LogP contribution is -2.27. The number of ether oxygens (including phenoxy) is 1. The molecule has 0 amide bonds. The van der Waals surface area contributed by atoms with Crippen molar-refractivity contribution in [2.24, 2.45) is 0 Å². The lowest BCUT2D eigenvalue weighted by Gasteiger charge is -2.15. The molecule has 0 aromatic heterocycles. The normalized spacial score (nSPS) is 23.1. The predicted octanol–water partition coefficient (Wildman–Crippen LogP) is 3.14. The zero-order valence-corrected chi connectivity index (χ0v) is 12.8. The molecule has 0 N–H and O–H groups in total.